The fourth-order valence-corrected chi connectivity index (χ4v) is 1.44. The van der Waals surface area contributed by atoms with Crippen LogP contribution in [-0.2, 0) is 13.1 Å². The minimum Gasteiger partial charge on any atom is -0.338 e. The molecule has 1 heterocycles. The molecule has 0 fully saturated rings. The monoisotopic (exact) mass is 239 g/mol. The number of nitrogens with zero attached hydrogens (tertiary/aromatic N) is 2. The van der Waals surface area contributed by atoms with Crippen LogP contribution in [0.2, 0.25) is 0 Å². The highest BCUT2D eigenvalue weighted by molar-refractivity contribution is 5.17. The van der Waals surface area contributed by atoms with Crippen molar-refractivity contribution in [3.8, 4) is 0 Å². The molecule has 0 radical (unpaired) electrons. The molecule has 0 unspecified atom stereocenters. The van der Waals surface area contributed by atoms with Crippen molar-refractivity contribution >= 4 is 0 Å². The van der Waals surface area contributed by atoms with Crippen LogP contribution in [0.1, 0.15) is 17.3 Å². The molecule has 0 aliphatic carbocycles. The molecule has 0 spiro atoms. The van der Waals surface area contributed by atoms with Gasteiger partial charge in [0.25, 0.3) is 0 Å². The van der Waals surface area contributed by atoms with Gasteiger partial charge in [-0.05, 0) is 24.6 Å². The number of aromatic nitrogens is 2. The molecule has 0 atom stereocenters. The minimum atomic E-state index is -0.588. The second-order valence-corrected chi connectivity index (χ2v) is 3.62. The third-order valence-electron chi connectivity index (χ3n) is 2.10. The SMILES string of the molecule is Cc1noc(CNCc2cc(F)cc(F)c2)n1. The zero-order valence-electron chi connectivity index (χ0n) is 9.20. The van der Waals surface area contributed by atoms with E-state index < -0.39 is 11.6 Å². The predicted octanol–water partition coefficient (Wildman–Crippen LogP) is 1.95. The summed E-state index contributed by atoms with van der Waals surface area (Å²) in [5.74, 6) is -0.177. The summed E-state index contributed by atoms with van der Waals surface area (Å²) in [6, 6.07) is 3.38. The maximum Gasteiger partial charge on any atom is 0.240 e. The van der Waals surface area contributed by atoms with Crippen molar-refractivity contribution in [2.24, 2.45) is 0 Å². The Morgan fingerprint density at radius 1 is 1.18 bits per heavy atom. The summed E-state index contributed by atoms with van der Waals surface area (Å²) in [7, 11) is 0. The predicted molar refractivity (Wildman–Crippen MR) is 55.9 cm³/mol. The molecule has 1 aromatic carbocycles. The van der Waals surface area contributed by atoms with Gasteiger partial charge in [0.2, 0.25) is 5.89 Å². The largest absolute Gasteiger partial charge is 0.338 e. The molecule has 1 N–H and O–H groups in total. The van der Waals surface area contributed by atoms with Crippen molar-refractivity contribution in [2.75, 3.05) is 0 Å². The van der Waals surface area contributed by atoms with Gasteiger partial charge in [0.1, 0.15) is 11.6 Å². The Bertz CT molecular complexity index is 493. The average Bonchev–Trinajstić information content (AvgIpc) is 2.63. The van der Waals surface area contributed by atoms with Gasteiger partial charge in [0.15, 0.2) is 5.82 Å². The lowest BCUT2D eigenvalue weighted by Gasteiger charge is -2.02. The number of rotatable bonds is 4. The second kappa shape index (κ2) is 5.01. The first kappa shape index (κ1) is 11.7. The van der Waals surface area contributed by atoms with Gasteiger partial charge >= 0.3 is 0 Å². The van der Waals surface area contributed by atoms with E-state index in [9.17, 15) is 8.78 Å². The van der Waals surface area contributed by atoms with E-state index in [-0.39, 0.29) is 0 Å². The Kier molecular flexibility index (Phi) is 3.43. The van der Waals surface area contributed by atoms with Gasteiger partial charge in [-0.2, -0.15) is 4.98 Å². The van der Waals surface area contributed by atoms with Crippen LogP contribution < -0.4 is 5.32 Å². The fraction of sp³-hybridized carbons (Fsp3) is 0.273. The molecule has 0 amide bonds. The van der Waals surface area contributed by atoms with E-state index >= 15 is 0 Å². The molecular formula is C11H11F2N3O. The van der Waals surface area contributed by atoms with E-state index in [2.05, 4.69) is 15.5 Å². The summed E-state index contributed by atoms with van der Waals surface area (Å²) in [5, 5.41) is 6.58. The molecular weight excluding hydrogens is 228 g/mol. The highest BCUT2D eigenvalue weighted by Gasteiger charge is 2.03. The lowest BCUT2D eigenvalue weighted by molar-refractivity contribution is 0.364. The summed E-state index contributed by atoms with van der Waals surface area (Å²) in [6.45, 7) is 2.41. The Labute approximate surface area is 96.6 Å². The molecule has 6 heteroatoms. The van der Waals surface area contributed by atoms with Crippen LogP contribution in [0, 0.1) is 18.6 Å². The van der Waals surface area contributed by atoms with Gasteiger partial charge in [-0.15, -0.1) is 0 Å². The number of aryl methyl sites for hydroxylation is 1. The van der Waals surface area contributed by atoms with E-state index in [0.717, 1.165) is 6.07 Å². The Hall–Kier alpha value is -1.82. The van der Waals surface area contributed by atoms with Crippen LogP contribution in [0.5, 0.6) is 0 Å². The molecule has 0 aliphatic heterocycles. The Morgan fingerprint density at radius 3 is 2.47 bits per heavy atom. The molecule has 4 nitrogen and oxygen atoms in total. The smallest absolute Gasteiger partial charge is 0.240 e. The number of hydrogen-bond donors (Lipinski definition) is 1. The summed E-state index contributed by atoms with van der Waals surface area (Å²) in [6.07, 6.45) is 0. The number of halogens is 2. The van der Waals surface area contributed by atoms with E-state index in [1.54, 1.807) is 6.92 Å². The number of hydrogen-bond acceptors (Lipinski definition) is 4. The lowest BCUT2D eigenvalue weighted by atomic mass is 10.2. The maximum absolute atomic E-state index is 12.9. The van der Waals surface area contributed by atoms with Gasteiger partial charge in [0.05, 0.1) is 6.54 Å². The molecule has 1 aromatic heterocycles. The molecule has 2 aromatic rings. The minimum absolute atomic E-state index is 0.329. The van der Waals surface area contributed by atoms with Gasteiger partial charge in [-0.25, -0.2) is 8.78 Å². The highest BCUT2D eigenvalue weighted by atomic mass is 19.1. The number of benzene rings is 1. The first-order valence-electron chi connectivity index (χ1n) is 5.08. The fourth-order valence-electron chi connectivity index (χ4n) is 1.44. The molecule has 0 aliphatic rings. The van der Waals surface area contributed by atoms with Crippen molar-refractivity contribution in [1.82, 2.24) is 15.5 Å². The first-order valence-corrected chi connectivity index (χ1v) is 5.08. The topological polar surface area (TPSA) is 51.0 Å². The average molecular weight is 239 g/mol. The molecule has 0 saturated carbocycles. The third-order valence-corrected chi connectivity index (χ3v) is 2.10. The van der Waals surface area contributed by atoms with Gasteiger partial charge in [0, 0.05) is 12.6 Å². The second-order valence-electron chi connectivity index (χ2n) is 3.62. The van der Waals surface area contributed by atoms with Crippen molar-refractivity contribution in [1.29, 1.82) is 0 Å². The van der Waals surface area contributed by atoms with Crippen LogP contribution in [-0.4, -0.2) is 10.1 Å². The Balaban J connectivity index is 1.89. The van der Waals surface area contributed by atoms with E-state index in [1.165, 1.54) is 12.1 Å². The zero-order chi connectivity index (χ0) is 12.3. The molecule has 17 heavy (non-hydrogen) atoms. The van der Waals surface area contributed by atoms with Crippen molar-refractivity contribution in [3.63, 3.8) is 0 Å². The van der Waals surface area contributed by atoms with Crippen LogP contribution in [0.3, 0.4) is 0 Å². The van der Waals surface area contributed by atoms with Gasteiger partial charge in [-0.3, -0.25) is 0 Å². The van der Waals surface area contributed by atoms with Crippen LogP contribution in [0.25, 0.3) is 0 Å². The van der Waals surface area contributed by atoms with E-state index in [0.29, 0.717) is 30.4 Å². The summed E-state index contributed by atoms with van der Waals surface area (Å²) >= 11 is 0. The maximum atomic E-state index is 12.9. The van der Waals surface area contributed by atoms with Gasteiger partial charge in [-0.1, -0.05) is 5.16 Å². The quantitative estimate of drug-likeness (QED) is 0.885. The Morgan fingerprint density at radius 2 is 1.88 bits per heavy atom. The van der Waals surface area contributed by atoms with Crippen molar-refractivity contribution in [2.45, 2.75) is 20.0 Å². The highest BCUT2D eigenvalue weighted by Crippen LogP contribution is 2.07. The van der Waals surface area contributed by atoms with Crippen LogP contribution >= 0.6 is 0 Å². The normalized spacial score (nSPS) is 10.8. The number of nitrogens with one attached hydrogen (secondary N) is 1. The summed E-state index contributed by atoms with van der Waals surface area (Å²) in [5.41, 5.74) is 0.527. The lowest BCUT2D eigenvalue weighted by Crippen LogP contribution is -2.13. The van der Waals surface area contributed by atoms with Crippen LogP contribution in [0.4, 0.5) is 8.78 Å². The van der Waals surface area contributed by atoms with Crippen molar-refractivity contribution in [3.05, 3.63) is 47.1 Å². The molecule has 90 valence electrons. The standard InChI is InChI=1S/C11H11F2N3O/c1-7-15-11(17-16-7)6-14-5-8-2-9(12)4-10(13)3-8/h2-4,14H,5-6H2,1H3. The van der Waals surface area contributed by atoms with Crippen molar-refractivity contribution < 1.29 is 13.3 Å². The van der Waals surface area contributed by atoms with E-state index in [4.69, 9.17) is 4.52 Å². The first-order chi connectivity index (χ1) is 8.13. The summed E-state index contributed by atoms with van der Waals surface area (Å²) in [4.78, 5) is 3.99. The molecule has 0 saturated heterocycles. The zero-order valence-corrected chi connectivity index (χ0v) is 9.20. The molecule has 2 rings (SSSR count). The van der Waals surface area contributed by atoms with Crippen LogP contribution in [0.15, 0.2) is 22.7 Å². The molecule has 0 bridgehead atoms. The third kappa shape index (κ3) is 3.32. The summed E-state index contributed by atoms with van der Waals surface area (Å²) < 4.78 is 30.6. The van der Waals surface area contributed by atoms with E-state index in [1.807, 2.05) is 0 Å². The van der Waals surface area contributed by atoms with Gasteiger partial charge < -0.3 is 9.84 Å².